The van der Waals surface area contributed by atoms with E-state index in [0.717, 1.165) is 30.1 Å². The molecule has 6 heteroatoms. The second kappa shape index (κ2) is 5.51. The Kier molecular flexibility index (Phi) is 4.16. The van der Waals surface area contributed by atoms with Gasteiger partial charge in [-0.15, -0.1) is 0 Å². The smallest absolute Gasteiger partial charge is 0.172 e. The molecular weight excluding hydrogens is 282 g/mol. The molecule has 0 spiro atoms. The van der Waals surface area contributed by atoms with E-state index in [0.29, 0.717) is 5.02 Å². The molecule has 0 unspecified atom stereocenters. The Labute approximate surface area is 122 Å². The van der Waals surface area contributed by atoms with Gasteiger partial charge in [0.05, 0.1) is 0 Å². The molecule has 1 saturated heterocycles. The highest BCUT2D eigenvalue weighted by Crippen LogP contribution is 2.34. The van der Waals surface area contributed by atoms with Gasteiger partial charge in [0, 0.05) is 39.9 Å². The maximum atomic E-state index is 8.89. The first-order chi connectivity index (χ1) is 8.93. The predicted octanol–water partition coefficient (Wildman–Crippen LogP) is 2.77. The molecule has 0 radical (unpaired) electrons. The molecule has 0 aromatic heterocycles. The largest absolute Gasteiger partial charge is 0.409 e. The highest BCUT2D eigenvalue weighted by atomic mass is 35.5. The van der Waals surface area contributed by atoms with E-state index in [1.165, 1.54) is 0 Å². The van der Waals surface area contributed by atoms with Gasteiger partial charge in [0.25, 0.3) is 0 Å². The van der Waals surface area contributed by atoms with Gasteiger partial charge in [-0.2, -0.15) is 11.8 Å². The van der Waals surface area contributed by atoms with Crippen LogP contribution in [0.3, 0.4) is 0 Å². The summed E-state index contributed by atoms with van der Waals surface area (Å²) in [5.74, 6) is 1.16. The fraction of sp³-hybridized carbons (Fsp3) is 0.462. The minimum atomic E-state index is 0.114. The summed E-state index contributed by atoms with van der Waals surface area (Å²) >= 11 is 8.04. The first-order valence-electron chi connectivity index (χ1n) is 6.09. The van der Waals surface area contributed by atoms with Crippen molar-refractivity contribution in [3.63, 3.8) is 0 Å². The Balaban J connectivity index is 2.40. The summed E-state index contributed by atoms with van der Waals surface area (Å²) in [6.45, 7) is 6.28. The van der Waals surface area contributed by atoms with Crippen LogP contribution in [0.5, 0.6) is 0 Å². The number of oxime groups is 1. The van der Waals surface area contributed by atoms with Crippen LogP contribution < -0.4 is 10.6 Å². The minimum Gasteiger partial charge on any atom is -0.409 e. The first kappa shape index (κ1) is 14.3. The van der Waals surface area contributed by atoms with Gasteiger partial charge in [0.2, 0.25) is 0 Å². The Hall–Kier alpha value is -1.07. The fourth-order valence-corrected chi connectivity index (χ4v) is 3.54. The van der Waals surface area contributed by atoms with Gasteiger partial charge < -0.3 is 15.8 Å². The van der Waals surface area contributed by atoms with Gasteiger partial charge in [0.15, 0.2) is 5.84 Å². The summed E-state index contributed by atoms with van der Waals surface area (Å²) in [7, 11) is 0. The number of benzene rings is 1. The normalized spacial score (nSPS) is 19.5. The van der Waals surface area contributed by atoms with Gasteiger partial charge >= 0.3 is 0 Å². The summed E-state index contributed by atoms with van der Waals surface area (Å²) in [5, 5.41) is 12.6. The fourth-order valence-electron chi connectivity index (χ4n) is 2.26. The zero-order chi connectivity index (χ0) is 14.0. The molecule has 19 heavy (non-hydrogen) atoms. The lowest BCUT2D eigenvalue weighted by Crippen LogP contribution is -2.44. The van der Waals surface area contributed by atoms with Crippen LogP contribution in [0.1, 0.15) is 19.4 Å². The van der Waals surface area contributed by atoms with Crippen molar-refractivity contribution < 1.29 is 5.21 Å². The monoisotopic (exact) mass is 299 g/mol. The van der Waals surface area contributed by atoms with Gasteiger partial charge in [-0.05, 0) is 32.0 Å². The number of nitrogens with zero attached hydrogens (tertiary/aromatic N) is 2. The third-order valence-corrected chi connectivity index (χ3v) is 4.64. The standard InChI is InChI=1S/C13H18ClN3OS/c1-13(2)8-17(5-6-19-13)11-7-9(14)3-4-10(11)12(15)16-18/h3-4,7,18H,5-6,8H2,1-2H3,(H2,15,16). The molecule has 0 bridgehead atoms. The molecular formula is C13H18ClN3OS. The molecule has 0 aliphatic carbocycles. The van der Waals surface area contributed by atoms with E-state index in [-0.39, 0.29) is 10.6 Å². The van der Waals surface area contributed by atoms with E-state index in [2.05, 4.69) is 23.9 Å². The Morgan fingerprint density at radius 3 is 2.89 bits per heavy atom. The Morgan fingerprint density at radius 2 is 2.26 bits per heavy atom. The molecule has 3 N–H and O–H groups in total. The van der Waals surface area contributed by atoms with Crippen LogP contribution in [0.25, 0.3) is 0 Å². The van der Waals surface area contributed by atoms with E-state index in [4.69, 9.17) is 22.5 Å². The molecule has 1 aliphatic heterocycles. The van der Waals surface area contributed by atoms with E-state index in [9.17, 15) is 0 Å². The van der Waals surface area contributed by atoms with Crippen molar-refractivity contribution in [2.75, 3.05) is 23.7 Å². The lowest BCUT2D eigenvalue weighted by atomic mass is 10.1. The van der Waals surface area contributed by atoms with E-state index < -0.39 is 0 Å². The van der Waals surface area contributed by atoms with Crippen molar-refractivity contribution in [1.82, 2.24) is 0 Å². The zero-order valence-electron chi connectivity index (χ0n) is 11.1. The zero-order valence-corrected chi connectivity index (χ0v) is 12.6. The van der Waals surface area contributed by atoms with Crippen molar-refractivity contribution in [1.29, 1.82) is 0 Å². The lowest BCUT2D eigenvalue weighted by molar-refractivity contribution is 0.318. The van der Waals surface area contributed by atoms with E-state index >= 15 is 0 Å². The summed E-state index contributed by atoms with van der Waals surface area (Å²) in [4.78, 5) is 2.25. The highest BCUT2D eigenvalue weighted by Gasteiger charge is 2.28. The number of hydrogen-bond donors (Lipinski definition) is 2. The molecule has 104 valence electrons. The number of rotatable bonds is 2. The summed E-state index contributed by atoms with van der Waals surface area (Å²) in [5.41, 5.74) is 7.39. The summed E-state index contributed by atoms with van der Waals surface area (Å²) in [6, 6.07) is 5.42. The van der Waals surface area contributed by atoms with Gasteiger partial charge in [-0.3, -0.25) is 0 Å². The number of nitrogens with two attached hydrogens (primary N) is 1. The number of halogens is 1. The van der Waals surface area contributed by atoms with Crippen LogP contribution in [-0.2, 0) is 0 Å². The van der Waals surface area contributed by atoms with Gasteiger partial charge in [0.1, 0.15) is 0 Å². The number of anilines is 1. The van der Waals surface area contributed by atoms with Crippen molar-refractivity contribution >= 4 is 34.9 Å². The molecule has 1 aromatic carbocycles. The summed E-state index contributed by atoms with van der Waals surface area (Å²) < 4.78 is 0.183. The number of hydrogen-bond acceptors (Lipinski definition) is 4. The molecule has 1 heterocycles. The molecule has 1 aromatic rings. The molecule has 4 nitrogen and oxygen atoms in total. The van der Waals surface area contributed by atoms with Crippen LogP contribution in [0.15, 0.2) is 23.4 Å². The lowest BCUT2D eigenvalue weighted by Gasteiger charge is -2.39. The Morgan fingerprint density at radius 1 is 1.53 bits per heavy atom. The average molecular weight is 300 g/mol. The topological polar surface area (TPSA) is 61.8 Å². The van der Waals surface area contributed by atoms with Gasteiger partial charge in [-0.1, -0.05) is 16.8 Å². The van der Waals surface area contributed by atoms with Crippen LogP contribution in [0.4, 0.5) is 5.69 Å². The SMILES string of the molecule is CC1(C)CN(c2cc(Cl)ccc2/C(N)=N/O)CCS1. The molecule has 1 fully saturated rings. The first-order valence-corrected chi connectivity index (χ1v) is 7.46. The third kappa shape index (κ3) is 3.28. The summed E-state index contributed by atoms with van der Waals surface area (Å²) in [6.07, 6.45) is 0. The van der Waals surface area contributed by atoms with Crippen LogP contribution in [0.2, 0.25) is 5.02 Å². The van der Waals surface area contributed by atoms with Crippen LogP contribution in [-0.4, -0.2) is 34.6 Å². The quantitative estimate of drug-likeness (QED) is 0.381. The molecule has 2 rings (SSSR count). The molecule has 0 saturated carbocycles. The molecule has 0 atom stereocenters. The third-order valence-electron chi connectivity index (χ3n) is 3.11. The molecule has 1 aliphatic rings. The van der Waals surface area contributed by atoms with Crippen LogP contribution in [0, 0.1) is 0 Å². The van der Waals surface area contributed by atoms with Crippen molar-refractivity contribution in [3.05, 3.63) is 28.8 Å². The minimum absolute atomic E-state index is 0.114. The second-order valence-electron chi connectivity index (χ2n) is 5.18. The maximum Gasteiger partial charge on any atom is 0.172 e. The Bertz CT molecular complexity index is 505. The van der Waals surface area contributed by atoms with Crippen molar-refractivity contribution in [2.45, 2.75) is 18.6 Å². The van der Waals surface area contributed by atoms with Crippen LogP contribution >= 0.6 is 23.4 Å². The highest BCUT2D eigenvalue weighted by molar-refractivity contribution is 8.00. The van der Waals surface area contributed by atoms with E-state index in [1.807, 2.05) is 17.8 Å². The maximum absolute atomic E-state index is 8.89. The number of thioether (sulfide) groups is 1. The predicted molar refractivity (Wildman–Crippen MR) is 82.7 cm³/mol. The second-order valence-corrected chi connectivity index (χ2v) is 7.41. The van der Waals surface area contributed by atoms with Gasteiger partial charge in [-0.25, -0.2) is 0 Å². The van der Waals surface area contributed by atoms with Crippen molar-refractivity contribution in [2.24, 2.45) is 10.9 Å². The van der Waals surface area contributed by atoms with Crippen molar-refractivity contribution in [3.8, 4) is 0 Å². The molecule has 0 amide bonds. The number of amidine groups is 1. The average Bonchev–Trinajstić information content (AvgIpc) is 2.36. The van der Waals surface area contributed by atoms with E-state index in [1.54, 1.807) is 12.1 Å².